The molecule has 0 radical (unpaired) electrons. The number of nitrogens with two attached hydrogens (primary N) is 2. The molecule has 0 aromatic carbocycles. The summed E-state index contributed by atoms with van der Waals surface area (Å²) in [5.41, 5.74) is 10.7. The van der Waals surface area contributed by atoms with Crippen LogP contribution in [0.2, 0.25) is 0 Å². The maximum absolute atomic E-state index is 5.94. The van der Waals surface area contributed by atoms with E-state index in [4.69, 9.17) is 34.7 Å². The van der Waals surface area contributed by atoms with Crippen LogP contribution in [0.1, 0.15) is 19.3 Å². The van der Waals surface area contributed by atoms with Crippen LogP contribution >= 0.6 is 23.2 Å². The third-order valence-corrected chi connectivity index (χ3v) is 3.34. The molecular formula is C6H12Cl2N2Pt. The molecule has 0 aromatic rings. The van der Waals surface area contributed by atoms with Crippen molar-refractivity contribution in [2.75, 3.05) is 6.54 Å². The number of alkyl halides is 2. The van der Waals surface area contributed by atoms with E-state index in [1.807, 2.05) is 0 Å². The molecule has 0 bridgehead atoms. The van der Waals surface area contributed by atoms with E-state index in [0.717, 1.165) is 19.3 Å². The van der Waals surface area contributed by atoms with Crippen LogP contribution in [-0.4, -0.2) is 16.4 Å². The second-order valence-corrected chi connectivity index (χ2v) is 4.40. The van der Waals surface area contributed by atoms with Crippen molar-refractivity contribution in [2.24, 2.45) is 11.5 Å². The molecule has 70 valence electrons. The van der Waals surface area contributed by atoms with Gasteiger partial charge in [0.15, 0.2) is 0 Å². The fourth-order valence-corrected chi connectivity index (χ4v) is 1.92. The van der Waals surface area contributed by atoms with Crippen molar-refractivity contribution in [3.8, 4) is 0 Å². The van der Waals surface area contributed by atoms with Crippen LogP contribution in [0.15, 0.2) is 0 Å². The molecule has 0 saturated heterocycles. The summed E-state index contributed by atoms with van der Waals surface area (Å²) in [6.07, 6.45) is 2.56. The Morgan fingerprint density at radius 2 is 1.82 bits per heavy atom. The van der Waals surface area contributed by atoms with Crippen molar-refractivity contribution in [3.63, 3.8) is 0 Å². The average molecular weight is 378 g/mol. The summed E-state index contributed by atoms with van der Waals surface area (Å²) < 4.78 is -0.804. The van der Waals surface area contributed by atoms with Gasteiger partial charge in [-0.2, -0.15) is 0 Å². The second-order valence-electron chi connectivity index (χ2n) is 2.92. The van der Waals surface area contributed by atoms with Crippen molar-refractivity contribution < 1.29 is 21.1 Å². The van der Waals surface area contributed by atoms with Crippen LogP contribution in [0.4, 0.5) is 0 Å². The first-order chi connectivity index (χ1) is 4.52. The van der Waals surface area contributed by atoms with Gasteiger partial charge in [0, 0.05) is 27.6 Å². The van der Waals surface area contributed by atoms with Gasteiger partial charge in [-0.05, 0) is 19.3 Å². The van der Waals surface area contributed by atoms with Crippen molar-refractivity contribution in [2.45, 2.75) is 29.1 Å². The Morgan fingerprint density at radius 1 is 1.27 bits per heavy atom. The molecule has 4 N–H and O–H groups in total. The normalized spacial score (nSPS) is 34.9. The Morgan fingerprint density at radius 3 is 2.00 bits per heavy atom. The van der Waals surface area contributed by atoms with Crippen LogP contribution < -0.4 is 11.5 Å². The molecule has 0 aromatic heterocycles. The Balaban J connectivity index is 0.000001000. The minimum atomic E-state index is -0.804. The van der Waals surface area contributed by atoms with Crippen LogP contribution in [0.3, 0.4) is 0 Å². The molecule has 0 aliphatic heterocycles. The second kappa shape index (κ2) is 3.93. The van der Waals surface area contributed by atoms with Crippen molar-refractivity contribution in [1.82, 2.24) is 0 Å². The van der Waals surface area contributed by atoms with Gasteiger partial charge in [-0.25, -0.2) is 0 Å². The van der Waals surface area contributed by atoms with Gasteiger partial charge < -0.3 is 11.5 Å². The minimum absolute atomic E-state index is 0. The molecule has 1 aliphatic rings. The molecule has 1 aliphatic carbocycles. The number of halogens is 2. The van der Waals surface area contributed by atoms with Crippen molar-refractivity contribution in [3.05, 3.63) is 0 Å². The zero-order valence-corrected chi connectivity index (χ0v) is 9.84. The molecule has 1 fully saturated rings. The Hall–Kier alpha value is 1.19. The largest absolute Gasteiger partial charge is 0.329 e. The molecular weight excluding hydrogens is 366 g/mol. The van der Waals surface area contributed by atoms with E-state index in [0.29, 0.717) is 6.54 Å². The summed E-state index contributed by atoms with van der Waals surface area (Å²) in [6, 6.07) is 0. The standard InChI is InChI=1S/C6H12Cl2N2.Pt/c7-6(8)3-1-2-5(6,10)4-9;/h1-4,9-10H2;. The predicted molar refractivity (Wildman–Crippen MR) is 44.3 cm³/mol. The molecule has 1 saturated carbocycles. The fourth-order valence-electron chi connectivity index (χ4n) is 1.31. The van der Waals surface area contributed by atoms with E-state index in [1.165, 1.54) is 0 Å². The molecule has 11 heavy (non-hydrogen) atoms. The maximum Gasteiger partial charge on any atom is 0.137 e. The zero-order valence-electron chi connectivity index (χ0n) is 6.06. The topological polar surface area (TPSA) is 52.0 Å². The average Bonchev–Trinajstić information content (AvgIpc) is 2.10. The number of hydrogen-bond donors (Lipinski definition) is 2. The third-order valence-electron chi connectivity index (χ3n) is 2.21. The zero-order chi connectivity index (χ0) is 7.83. The number of hydrogen-bond acceptors (Lipinski definition) is 2. The molecule has 5 heteroatoms. The Labute approximate surface area is 91.2 Å². The smallest absolute Gasteiger partial charge is 0.137 e. The molecule has 0 amide bonds. The van der Waals surface area contributed by atoms with E-state index in [2.05, 4.69) is 0 Å². The van der Waals surface area contributed by atoms with Gasteiger partial charge >= 0.3 is 0 Å². The predicted octanol–water partition coefficient (Wildman–Crippen LogP) is 0.998. The van der Waals surface area contributed by atoms with Crippen molar-refractivity contribution in [1.29, 1.82) is 0 Å². The summed E-state index contributed by atoms with van der Waals surface area (Å²) in [4.78, 5) is 0. The number of rotatable bonds is 1. The van der Waals surface area contributed by atoms with Crippen LogP contribution in [0, 0.1) is 0 Å². The quantitative estimate of drug-likeness (QED) is 0.669. The first-order valence-corrected chi connectivity index (χ1v) is 4.14. The van der Waals surface area contributed by atoms with E-state index in [9.17, 15) is 0 Å². The molecule has 1 unspecified atom stereocenters. The summed E-state index contributed by atoms with van der Waals surface area (Å²) in [7, 11) is 0. The van der Waals surface area contributed by atoms with Crippen LogP contribution in [-0.2, 0) is 21.1 Å². The van der Waals surface area contributed by atoms with Gasteiger partial charge in [-0.15, -0.1) is 0 Å². The van der Waals surface area contributed by atoms with E-state index >= 15 is 0 Å². The maximum atomic E-state index is 5.94. The Bertz CT molecular complexity index is 143. The van der Waals surface area contributed by atoms with Gasteiger partial charge in [-0.1, -0.05) is 23.2 Å². The third kappa shape index (κ3) is 2.10. The van der Waals surface area contributed by atoms with E-state index in [-0.39, 0.29) is 21.1 Å². The van der Waals surface area contributed by atoms with Gasteiger partial charge in [0.1, 0.15) is 4.33 Å². The van der Waals surface area contributed by atoms with E-state index in [1.54, 1.807) is 0 Å². The Kier molecular flexibility index (Phi) is 4.36. The van der Waals surface area contributed by atoms with Gasteiger partial charge in [0.25, 0.3) is 0 Å². The van der Waals surface area contributed by atoms with Gasteiger partial charge in [-0.3, -0.25) is 0 Å². The van der Waals surface area contributed by atoms with E-state index < -0.39 is 9.87 Å². The molecule has 1 atom stereocenters. The molecule has 0 spiro atoms. The summed E-state index contributed by atoms with van der Waals surface area (Å²) in [6.45, 7) is 0.361. The van der Waals surface area contributed by atoms with Crippen LogP contribution in [0.5, 0.6) is 0 Å². The SMILES string of the molecule is NCC1(N)CCCC1(Cl)Cl.[Pt]. The van der Waals surface area contributed by atoms with Crippen molar-refractivity contribution >= 4 is 23.2 Å². The summed E-state index contributed by atoms with van der Waals surface area (Å²) >= 11 is 11.9. The first kappa shape index (κ1) is 12.2. The van der Waals surface area contributed by atoms with Crippen LogP contribution in [0.25, 0.3) is 0 Å². The first-order valence-electron chi connectivity index (χ1n) is 3.39. The molecule has 2 nitrogen and oxygen atoms in total. The monoisotopic (exact) mass is 377 g/mol. The minimum Gasteiger partial charge on any atom is -0.329 e. The molecule has 1 rings (SSSR count). The molecule has 0 heterocycles. The fraction of sp³-hybridized carbons (Fsp3) is 1.00. The summed E-state index contributed by atoms with van der Waals surface area (Å²) in [5, 5.41) is 0. The van der Waals surface area contributed by atoms with Gasteiger partial charge in [0.2, 0.25) is 0 Å². The van der Waals surface area contributed by atoms with Gasteiger partial charge in [0.05, 0.1) is 5.54 Å². The summed E-state index contributed by atoms with van der Waals surface area (Å²) in [5.74, 6) is 0.